The van der Waals surface area contributed by atoms with Gasteiger partial charge in [0, 0.05) is 37.8 Å². The van der Waals surface area contributed by atoms with Gasteiger partial charge >= 0.3 is 0 Å². The Kier molecular flexibility index (Phi) is 11.7. The van der Waals surface area contributed by atoms with E-state index in [-0.39, 0.29) is 24.8 Å². The molecule has 1 N–H and O–H groups in total. The highest BCUT2D eigenvalue weighted by Gasteiger charge is 2.14. The van der Waals surface area contributed by atoms with Gasteiger partial charge in [0.25, 0.3) is 0 Å². The quantitative estimate of drug-likeness (QED) is 0.804. The summed E-state index contributed by atoms with van der Waals surface area (Å²) in [6.07, 6.45) is 1.15. The van der Waals surface area contributed by atoms with E-state index in [1.165, 1.54) is 11.1 Å². The predicted molar refractivity (Wildman–Crippen MR) is 100 cm³/mol. The summed E-state index contributed by atoms with van der Waals surface area (Å²) in [5.74, 6) is 0.980. The first-order chi connectivity index (χ1) is 10.2. The van der Waals surface area contributed by atoms with Crippen LogP contribution in [0.25, 0.3) is 0 Å². The Labute approximate surface area is 152 Å². The van der Waals surface area contributed by atoms with Crippen molar-refractivity contribution in [2.45, 2.75) is 39.4 Å². The molecular formula is C17H30Cl2N2O2. The summed E-state index contributed by atoms with van der Waals surface area (Å²) in [5.41, 5.74) is 2.59. The highest BCUT2D eigenvalue weighted by Crippen LogP contribution is 2.22. The van der Waals surface area contributed by atoms with E-state index in [1.54, 1.807) is 7.11 Å². The second kappa shape index (κ2) is 11.9. The third kappa shape index (κ3) is 7.27. The maximum atomic E-state index is 5.51. The van der Waals surface area contributed by atoms with Gasteiger partial charge in [-0.3, -0.25) is 4.90 Å². The second-order valence-electron chi connectivity index (χ2n) is 5.72. The molecule has 0 aliphatic carbocycles. The molecule has 1 fully saturated rings. The highest BCUT2D eigenvalue weighted by molar-refractivity contribution is 5.85. The molecule has 1 aromatic rings. The van der Waals surface area contributed by atoms with Gasteiger partial charge < -0.3 is 14.8 Å². The van der Waals surface area contributed by atoms with E-state index in [9.17, 15) is 0 Å². The Balaban J connectivity index is 0.00000242. The Morgan fingerprint density at radius 3 is 2.57 bits per heavy atom. The molecule has 4 nitrogen and oxygen atoms in total. The molecule has 0 saturated carbocycles. The van der Waals surface area contributed by atoms with Crippen LogP contribution < -0.4 is 10.1 Å². The van der Waals surface area contributed by atoms with Crippen LogP contribution in [0.15, 0.2) is 18.2 Å². The van der Waals surface area contributed by atoms with Gasteiger partial charge in [0.1, 0.15) is 5.75 Å². The van der Waals surface area contributed by atoms with Gasteiger partial charge in [-0.05, 0) is 31.0 Å². The van der Waals surface area contributed by atoms with E-state index in [1.807, 2.05) is 0 Å². The SMILES string of the molecule is CCC(C)NCc1ccc(OC)c(CN2CCOCC2)c1.Cl.Cl. The molecule has 0 bridgehead atoms. The van der Waals surface area contributed by atoms with Crippen molar-refractivity contribution in [3.05, 3.63) is 29.3 Å². The number of nitrogens with one attached hydrogen (secondary N) is 1. The van der Waals surface area contributed by atoms with Crippen molar-refractivity contribution < 1.29 is 9.47 Å². The third-order valence-electron chi connectivity index (χ3n) is 4.11. The topological polar surface area (TPSA) is 33.7 Å². The van der Waals surface area contributed by atoms with E-state index < -0.39 is 0 Å². The molecule has 1 atom stereocenters. The highest BCUT2D eigenvalue weighted by atomic mass is 35.5. The van der Waals surface area contributed by atoms with Gasteiger partial charge in [-0.2, -0.15) is 0 Å². The van der Waals surface area contributed by atoms with E-state index in [2.05, 4.69) is 42.3 Å². The van der Waals surface area contributed by atoms with Gasteiger partial charge in [-0.15, -0.1) is 24.8 Å². The van der Waals surface area contributed by atoms with E-state index >= 15 is 0 Å². The average molecular weight is 365 g/mol. The van der Waals surface area contributed by atoms with Crippen molar-refractivity contribution in [3.63, 3.8) is 0 Å². The van der Waals surface area contributed by atoms with Crippen LogP contribution in [-0.4, -0.2) is 44.4 Å². The molecule has 2 rings (SSSR count). The maximum absolute atomic E-state index is 5.51. The molecule has 0 aromatic heterocycles. The standard InChI is InChI=1S/C17H28N2O2.2ClH/c1-4-14(2)18-12-15-5-6-17(20-3)16(11-15)13-19-7-9-21-10-8-19;;/h5-6,11,14,18H,4,7-10,12-13H2,1-3H3;2*1H. The smallest absolute Gasteiger partial charge is 0.123 e. The maximum Gasteiger partial charge on any atom is 0.123 e. The normalized spacial score (nSPS) is 16.1. The van der Waals surface area contributed by atoms with Crippen molar-refractivity contribution in [3.8, 4) is 5.75 Å². The molecule has 1 saturated heterocycles. The number of hydrogen-bond acceptors (Lipinski definition) is 4. The molecule has 1 aromatic carbocycles. The molecule has 0 amide bonds. The first-order valence-electron chi connectivity index (χ1n) is 7.92. The first-order valence-corrected chi connectivity index (χ1v) is 7.92. The fourth-order valence-corrected chi connectivity index (χ4v) is 2.50. The number of benzene rings is 1. The Morgan fingerprint density at radius 2 is 1.96 bits per heavy atom. The zero-order valence-corrected chi connectivity index (χ0v) is 16.0. The molecule has 1 aliphatic heterocycles. The van der Waals surface area contributed by atoms with Crippen LogP contribution in [0.2, 0.25) is 0 Å². The van der Waals surface area contributed by atoms with Crippen LogP contribution in [0.1, 0.15) is 31.4 Å². The zero-order chi connectivity index (χ0) is 15.1. The summed E-state index contributed by atoms with van der Waals surface area (Å²) in [7, 11) is 1.75. The van der Waals surface area contributed by atoms with Crippen LogP contribution in [0.3, 0.4) is 0 Å². The minimum absolute atomic E-state index is 0. The number of ether oxygens (including phenoxy) is 2. The molecule has 23 heavy (non-hydrogen) atoms. The monoisotopic (exact) mass is 364 g/mol. The summed E-state index contributed by atoms with van der Waals surface area (Å²) in [4.78, 5) is 2.42. The lowest BCUT2D eigenvalue weighted by molar-refractivity contribution is 0.0339. The number of hydrogen-bond donors (Lipinski definition) is 1. The molecular weight excluding hydrogens is 335 g/mol. The number of morpholine rings is 1. The summed E-state index contributed by atoms with van der Waals surface area (Å²) in [6, 6.07) is 7.05. The van der Waals surface area contributed by atoms with E-state index in [4.69, 9.17) is 9.47 Å². The van der Waals surface area contributed by atoms with Crippen molar-refractivity contribution in [1.29, 1.82) is 0 Å². The molecule has 1 heterocycles. The Bertz CT molecular complexity index is 441. The van der Waals surface area contributed by atoms with Crippen molar-refractivity contribution in [1.82, 2.24) is 10.2 Å². The Morgan fingerprint density at radius 1 is 1.26 bits per heavy atom. The van der Waals surface area contributed by atoms with Gasteiger partial charge in [0.05, 0.1) is 20.3 Å². The molecule has 0 radical (unpaired) electrons. The predicted octanol–water partition coefficient (Wildman–Crippen LogP) is 3.26. The minimum atomic E-state index is 0. The van der Waals surface area contributed by atoms with E-state index in [0.29, 0.717) is 6.04 Å². The fourth-order valence-electron chi connectivity index (χ4n) is 2.50. The lowest BCUT2D eigenvalue weighted by Gasteiger charge is -2.27. The summed E-state index contributed by atoms with van der Waals surface area (Å²) in [5, 5.41) is 3.54. The third-order valence-corrected chi connectivity index (χ3v) is 4.11. The first kappa shape index (κ1) is 22.5. The number of methoxy groups -OCH3 is 1. The number of halogens is 2. The van der Waals surface area contributed by atoms with Crippen LogP contribution in [0.4, 0.5) is 0 Å². The van der Waals surface area contributed by atoms with Crippen molar-refractivity contribution in [2.24, 2.45) is 0 Å². The summed E-state index contributed by atoms with van der Waals surface area (Å²) in [6.45, 7) is 9.93. The van der Waals surface area contributed by atoms with Crippen LogP contribution in [0.5, 0.6) is 5.75 Å². The van der Waals surface area contributed by atoms with Gasteiger partial charge in [-0.25, -0.2) is 0 Å². The molecule has 134 valence electrons. The van der Waals surface area contributed by atoms with Crippen LogP contribution in [0, 0.1) is 0 Å². The molecule has 1 aliphatic rings. The van der Waals surface area contributed by atoms with Crippen molar-refractivity contribution >= 4 is 24.8 Å². The van der Waals surface area contributed by atoms with Gasteiger partial charge in [0.2, 0.25) is 0 Å². The molecule has 1 unspecified atom stereocenters. The van der Waals surface area contributed by atoms with Crippen molar-refractivity contribution in [2.75, 3.05) is 33.4 Å². The zero-order valence-electron chi connectivity index (χ0n) is 14.3. The fraction of sp³-hybridized carbons (Fsp3) is 0.647. The average Bonchev–Trinajstić information content (AvgIpc) is 2.53. The van der Waals surface area contributed by atoms with E-state index in [0.717, 1.165) is 51.6 Å². The lowest BCUT2D eigenvalue weighted by atomic mass is 10.1. The summed E-state index contributed by atoms with van der Waals surface area (Å²) < 4.78 is 10.9. The van der Waals surface area contributed by atoms with Gasteiger partial charge in [-0.1, -0.05) is 13.0 Å². The van der Waals surface area contributed by atoms with Crippen LogP contribution in [-0.2, 0) is 17.8 Å². The number of rotatable bonds is 7. The lowest BCUT2D eigenvalue weighted by Crippen LogP contribution is -2.35. The summed E-state index contributed by atoms with van der Waals surface area (Å²) >= 11 is 0. The Hall–Kier alpha value is -0.520. The molecule has 0 spiro atoms. The van der Waals surface area contributed by atoms with Gasteiger partial charge in [0.15, 0.2) is 0 Å². The molecule has 6 heteroatoms. The number of nitrogens with zero attached hydrogens (tertiary/aromatic N) is 1. The second-order valence-corrected chi connectivity index (χ2v) is 5.72. The van der Waals surface area contributed by atoms with Crippen LogP contribution >= 0.6 is 24.8 Å². The largest absolute Gasteiger partial charge is 0.496 e. The minimum Gasteiger partial charge on any atom is -0.496 e.